The summed E-state index contributed by atoms with van der Waals surface area (Å²) in [5.41, 5.74) is -0.719. The number of halogens is 3. The molecule has 0 heterocycles. The number of benzene rings is 1. The molecule has 15 heavy (non-hydrogen) atoms. The van der Waals surface area contributed by atoms with E-state index in [2.05, 4.69) is 0 Å². The van der Waals surface area contributed by atoms with Gasteiger partial charge in [-0.3, -0.25) is 10.1 Å². The minimum Gasteiger partial charge on any atom is -0.259 e. The van der Waals surface area contributed by atoms with Gasteiger partial charge in [-0.15, -0.1) is 0 Å². The number of rotatable bonds is 2. The maximum atomic E-state index is 13.0. The second-order valence-corrected chi connectivity index (χ2v) is 2.83. The first kappa shape index (κ1) is 11.2. The van der Waals surface area contributed by atoms with Crippen molar-refractivity contribution in [1.29, 1.82) is 0 Å². The number of hydrogen-bond donors (Lipinski definition) is 0. The quantitative estimate of drug-likeness (QED) is 0.434. The van der Waals surface area contributed by atoms with E-state index in [1.54, 1.807) is 0 Å². The van der Waals surface area contributed by atoms with Gasteiger partial charge >= 0.3 is 0 Å². The van der Waals surface area contributed by atoms with Crippen molar-refractivity contribution in [1.82, 2.24) is 0 Å². The molecule has 1 rings (SSSR count). The fraction of sp³-hybridized carbons (Fsp3) is 0.111. The SMILES string of the molecule is C/C(=C/c1cc(F)c(F)cc1F)[N+](=O)[O-]. The summed E-state index contributed by atoms with van der Waals surface area (Å²) < 4.78 is 38.1. The van der Waals surface area contributed by atoms with E-state index < -0.39 is 22.4 Å². The molecule has 0 saturated heterocycles. The lowest BCUT2D eigenvalue weighted by Gasteiger charge is -1.98. The predicted molar refractivity (Wildman–Crippen MR) is 47.0 cm³/mol. The second-order valence-electron chi connectivity index (χ2n) is 2.83. The molecule has 80 valence electrons. The molecule has 1 aromatic carbocycles. The molecule has 0 aromatic heterocycles. The Balaban J connectivity index is 3.22. The molecule has 0 N–H and O–H groups in total. The van der Waals surface area contributed by atoms with Crippen LogP contribution in [0.25, 0.3) is 6.08 Å². The molecule has 1 aromatic rings. The van der Waals surface area contributed by atoms with Crippen LogP contribution in [0.15, 0.2) is 17.8 Å². The molecule has 0 aliphatic heterocycles. The van der Waals surface area contributed by atoms with Gasteiger partial charge in [0.25, 0.3) is 0 Å². The van der Waals surface area contributed by atoms with Gasteiger partial charge in [0.1, 0.15) is 5.82 Å². The second kappa shape index (κ2) is 4.12. The lowest BCUT2D eigenvalue weighted by Crippen LogP contribution is -1.96. The van der Waals surface area contributed by atoms with Gasteiger partial charge in [0.15, 0.2) is 11.6 Å². The highest BCUT2D eigenvalue weighted by Gasteiger charge is 2.10. The normalized spacial score (nSPS) is 11.6. The Morgan fingerprint density at radius 3 is 2.33 bits per heavy atom. The highest BCUT2D eigenvalue weighted by molar-refractivity contribution is 5.51. The van der Waals surface area contributed by atoms with Crippen LogP contribution in [0.4, 0.5) is 13.2 Å². The Kier molecular flexibility index (Phi) is 3.08. The van der Waals surface area contributed by atoms with Gasteiger partial charge in [-0.1, -0.05) is 0 Å². The molecule has 0 spiro atoms. The lowest BCUT2D eigenvalue weighted by atomic mass is 10.1. The van der Waals surface area contributed by atoms with Crippen LogP contribution in [-0.2, 0) is 0 Å². The van der Waals surface area contributed by atoms with Crippen molar-refractivity contribution in [3.63, 3.8) is 0 Å². The molecule has 0 aliphatic carbocycles. The Bertz CT molecular complexity index is 443. The summed E-state index contributed by atoms with van der Waals surface area (Å²) in [7, 11) is 0. The third-order valence-corrected chi connectivity index (χ3v) is 1.69. The van der Waals surface area contributed by atoms with Crippen LogP contribution in [0.1, 0.15) is 12.5 Å². The molecule has 0 radical (unpaired) electrons. The number of hydrogen-bond acceptors (Lipinski definition) is 2. The van der Waals surface area contributed by atoms with E-state index in [-0.39, 0.29) is 11.3 Å². The monoisotopic (exact) mass is 217 g/mol. The van der Waals surface area contributed by atoms with E-state index >= 15 is 0 Å². The van der Waals surface area contributed by atoms with E-state index in [0.717, 1.165) is 13.0 Å². The molecule has 6 heteroatoms. The first-order valence-electron chi connectivity index (χ1n) is 3.89. The molecular weight excluding hydrogens is 211 g/mol. The molecular formula is C9H6F3NO2. The van der Waals surface area contributed by atoms with E-state index in [4.69, 9.17) is 0 Å². The Hall–Kier alpha value is -1.85. The van der Waals surface area contributed by atoms with Crippen LogP contribution < -0.4 is 0 Å². The molecule has 0 atom stereocenters. The Morgan fingerprint density at radius 2 is 1.80 bits per heavy atom. The number of nitrogens with zero attached hydrogens (tertiary/aromatic N) is 1. The molecule has 0 saturated carbocycles. The van der Waals surface area contributed by atoms with Gasteiger partial charge in [-0.2, -0.15) is 0 Å². The number of allylic oxidation sites excluding steroid dienone is 1. The zero-order chi connectivity index (χ0) is 11.6. The summed E-state index contributed by atoms with van der Waals surface area (Å²) >= 11 is 0. The topological polar surface area (TPSA) is 43.1 Å². The number of nitro groups is 1. The molecule has 0 amide bonds. The van der Waals surface area contributed by atoms with Gasteiger partial charge in [0.2, 0.25) is 5.70 Å². The van der Waals surface area contributed by atoms with Crippen molar-refractivity contribution in [3.05, 3.63) is 51.0 Å². The summed E-state index contributed by atoms with van der Waals surface area (Å²) in [4.78, 5) is 9.46. The minimum absolute atomic E-state index is 0.342. The van der Waals surface area contributed by atoms with E-state index in [1.807, 2.05) is 0 Å². The first-order chi connectivity index (χ1) is 6.91. The first-order valence-corrected chi connectivity index (χ1v) is 3.89. The fourth-order valence-corrected chi connectivity index (χ4v) is 0.926. The summed E-state index contributed by atoms with van der Waals surface area (Å²) in [5, 5.41) is 10.2. The maximum Gasteiger partial charge on any atom is 0.243 e. The van der Waals surface area contributed by atoms with Gasteiger partial charge in [-0.25, -0.2) is 13.2 Å². The average Bonchev–Trinajstić information content (AvgIpc) is 2.13. The van der Waals surface area contributed by atoms with Crippen LogP contribution >= 0.6 is 0 Å². The van der Waals surface area contributed by atoms with Gasteiger partial charge < -0.3 is 0 Å². The van der Waals surface area contributed by atoms with Crippen molar-refractivity contribution in [2.75, 3.05) is 0 Å². The maximum absolute atomic E-state index is 13.0. The smallest absolute Gasteiger partial charge is 0.243 e. The van der Waals surface area contributed by atoms with E-state index in [1.165, 1.54) is 0 Å². The van der Waals surface area contributed by atoms with Crippen molar-refractivity contribution in [2.45, 2.75) is 6.92 Å². The summed E-state index contributed by atoms with van der Waals surface area (Å²) in [6, 6.07) is 0.909. The summed E-state index contributed by atoms with van der Waals surface area (Å²) in [6.45, 7) is 1.13. The third-order valence-electron chi connectivity index (χ3n) is 1.69. The highest BCUT2D eigenvalue weighted by Crippen LogP contribution is 2.16. The highest BCUT2D eigenvalue weighted by atomic mass is 19.2. The van der Waals surface area contributed by atoms with Gasteiger partial charge in [-0.05, 0) is 6.07 Å². The van der Waals surface area contributed by atoms with Crippen molar-refractivity contribution in [3.8, 4) is 0 Å². The Morgan fingerprint density at radius 1 is 1.27 bits per heavy atom. The zero-order valence-electron chi connectivity index (χ0n) is 7.63. The molecule has 0 bridgehead atoms. The molecule has 0 aliphatic rings. The largest absolute Gasteiger partial charge is 0.259 e. The van der Waals surface area contributed by atoms with E-state index in [0.29, 0.717) is 12.1 Å². The lowest BCUT2D eigenvalue weighted by molar-refractivity contribution is -0.422. The van der Waals surface area contributed by atoms with Gasteiger partial charge in [0.05, 0.1) is 4.92 Å². The van der Waals surface area contributed by atoms with Crippen LogP contribution in [0.5, 0.6) is 0 Å². The molecule has 3 nitrogen and oxygen atoms in total. The standard InChI is InChI=1S/C9H6F3NO2/c1-5(13(14)15)2-6-3-8(11)9(12)4-7(6)10/h2-4H,1H3/b5-2-. The molecule has 0 unspecified atom stereocenters. The fourth-order valence-electron chi connectivity index (χ4n) is 0.926. The van der Waals surface area contributed by atoms with E-state index in [9.17, 15) is 23.3 Å². The van der Waals surface area contributed by atoms with Crippen LogP contribution in [0, 0.1) is 27.6 Å². The van der Waals surface area contributed by atoms with Crippen LogP contribution in [-0.4, -0.2) is 4.92 Å². The van der Waals surface area contributed by atoms with Crippen molar-refractivity contribution >= 4 is 6.08 Å². The molecule has 0 fully saturated rings. The zero-order valence-corrected chi connectivity index (χ0v) is 7.63. The van der Waals surface area contributed by atoms with Crippen molar-refractivity contribution in [2.24, 2.45) is 0 Å². The average molecular weight is 217 g/mol. The summed E-state index contributed by atoms with van der Waals surface area (Å²) in [6.07, 6.45) is 0.831. The van der Waals surface area contributed by atoms with Crippen LogP contribution in [0.2, 0.25) is 0 Å². The minimum atomic E-state index is -1.33. The third kappa shape index (κ3) is 2.55. The van der Waals surface area contributed by atoms with Crippen LogP contribution in [0.3, 0.4) is 0 Å². The van der Waals surface area contributed by atoms with Gasteiger partial charge in [0, 0.05) is 24.6 Å². The predicted octanol–water partition coefficient (Wildman–Crippen LogP) is 2.74. The van der Waals surface area contributed by atoms with Crippen molar-refractivity contribution < 1.29 is 18.1 Å². The summed E-state index contributed by atoms with van der Waals surface area (Å²) in [5.74, 6) is -3.63. The Labute approximate surface area is 83.0 Å².